The number of ether oxygens (including phenoxy) is 2. The Bertz CT molecular complexity index is 1390. The summed E-state index contributed by atoms with van der Waals surface area (Å²) >= 11 is 2.99. The van der Waals surface area contributed by atoms with Gasteiger partial charge in [-0.05, 0) is 43.8 Å². The molecule has 1 aliphatic carbocycles. The number of nitrogens with zero attached hydrogens (tertiary/aromatic N) is 2. The van der Waals surface area contributed by atoms with E-state index >= 15 is 0 Å². The Kier molecular flexibility index (Phi) is 20.6. The first-order valence-electron chi connectivity index (χ1n) is 18.8. The number of amides is 6. The lowest BCUT2D eigenvalue weighted by atomic mass is 9.87. The number of unbranched alkanes of at least 4 members (excludes halogenated alkanes) is 4. The van der Waals surface area contributed by atoms with Crippen LogP contribution < -0.4 is 21.7 Å². The van der Waals surface area contributed by atoms with Gasteiger partial charge in [-0.3, -0.25) is 43.8 Å². The van der Waals surface area contributed by atoms with Crippen molar-refractivity contribution in [3.8, 4) is 0 Å². The van der Waals surface area contributed by atoms with Crippen molar-refractivity contribution in [3.05, 3.63) is 10.6 Å². The fraction of sp³-hybridized carbons (Fsp3) is 0.722. The van der Waals surface area contributed by atoms with Crippen molar-refractivity contribution in [2.24, 2.45) is 11.7 Å². The van der Waals surface area contributed by atoms with Crippen LogP contribution in [0, 0.1) is 5.92 Å². The number of ketones is 1. The molecule has 1 aromatic heterocycles. The summed E-state index contributed by atoms with van der Waals surface area (Å²) in [6.45, 7) is 2.92. The van der Waals surface area contributed by atoms with Gasteiger partial charge in [-0.2, -0.15) is 0 Å². The Labute approximate surface area is 320 Å². The van der Waals surface area contributed by atoms with Crippen LogP contribution in [0.2, 0.25) is 0 Å². The van der Waals surface area contributed by atoms with Gasteiger partial charge in [0.05, 0.1) is 24.2 Å². The molecule has 15 nitrogen and oxygen atoms in total. The minimum atomic E-state index is -0.526. The number of primary amides is 1. The van der Waals surface area contributed by atoms with Crippen LogP contribution in [0.3, 0.4) is 0 Å². The molecule has 1 unspecified atom stereocenters. The lowest BCUT2D eigenvalue weighted by Gasteiger charge is -2.20. The van der Waals surface area contributed by atoms with Crippen LogP contribution >= 0.6 is 23.1 Å². The number of anilines is 1. The van der Waals surface area contributed by atoms with E-state index in [9.17, 15) is 33.6 Å². The van der Waals surface area contributed by atoms with Crippen molar-refractivity contribution in [3.63, 3.8) is 0 Å². The van der Waals surface area contributed by atoms with E-state index in [1.54, 1.807) is 0 Å². The summed E-state index contributed by atoms with van der Waals surface area (Å²) < 4.78 is 10.6. The molecule has 2 atom stereocenters. The number of aromatic nitrogens is 1. The first-order valence-corrected chi connectivity index (χ1v) is 20.6. The van der Waals surface area contributed by atoms with E-state index in [1.165, 1.54) is 47.2 Å². The van der Waals surface area contributed by atoms with Crippen molar-refractivity contribution in [2.45, 2.75) is 108 Å². The third kappa shape index (κ3) is 17.5. The molecule has 0 saturated carbocycles. The average Bonchev–Trinajstić information content (AvgIpc) is 3.65. The van der Waals surface area contributed by atoms with Gasteiger partial charge in [0, 0.05) is 56.6 Å². The molecule has 0 radical (unpaired) electrons. The zero-order valence-corrected chi connectivity index (χ0v) is 32.5. The first kappa shape index (κ1) is 44.0. The van der Waals surface area contributed by atoms with Gasteiger partial charge in [0.1, 0.15) is 19.0 Å². The Morgan fingerprint density at radius 3 is 2.45 bits per heavy atom. The number of thiazole rings is 1. The second-order valence-corrected chi connectivity index (χ2v) is 15.8. The number of rotatable bonds is 28. The highest BCUT2D eigenvalue weighted by molar-refractivity contribution is 8.00. The normalized spacial score (nSPS) is 16.7. The molecule has 53 heavy (non-hydrogen) atoms. The van der Waals surface area contributed by atoms with Crippen molar-refractivity contribution >= 4 is 69.5 Å². The smallest absolute Gasteiger partial charge is 0.252 e. The summed E-state index contributed by atoms with van der Waals surface area (Å²) in [6, 6.07) is 0. The number of hydrogen-bond acceptors (Lipinski definition) is 12. The summed E-state index contributed by atoms with van der Waals surface area (Å²) in [4.78, 5) is 91.0. The molecule has 17 heteroatoms. The highest BCUT2D eigenvalue weighted by atomic mass is 32.2. The lowest BCUT2D eigenvalue weighted by molar-refractivity contribution is -0.139. The largest absolute Gasteiger partial charge is 0.379 e. The van der Waals surface area contributed by atoms with Crippen molar-refractivity contribution < 1.29 is 43.0 Å². The summed E-state index contributed by atoms with van der Waals surface area (Å²) in [6.07, 6.45) is 10.6. The van der Waals surface area contributed by atoms with Gasteiger partial charge >= 0.3 is 0 Å². The molecule has 0 spiro atoms. The number of aryl methyl sites for hydroxylation is 1. The van der Waals surface area contributed by atoms with Gasteiger partial charge < -0.3 is 25.8 Å². The van der Waals surface area contributed by atoms with E-state index in [4.69, 9.17) is 15.2 Å². The van der Waals surface area contributed by atoms with Gasteiger partial charge in [-0.15, -0.1) is 23.1 Å². The van der Waals surface area contributed by atoms with Crippen LogP contribution in [0.4, 0.5) is 5.13 Å². The van der Waals surface area contributed by atoms with Gasteiger partial charge in [-0.1, -0.05) is 39.0 Å². The zero-order chi connectivity index (χ0) is 38.4. The number of nitrogens with one attached hydrogen (secondary N) is 3. The van der Waals surface area contributed by atoms with Gasteiger partial charge in [0.25, 0.3) is 5.91 Å². The minimum Gasteiger partial charge on any atom is -0.379 e. The molecule has 1 saturated heterocycles. The quantitative estimate of drug-likeness (QED) is 0.0716. The van der Waals surface area contributed by atoms with E-state index < -0.39 is 11.2 Å². The number of fused-ring (bicyclic) bond motifs is 1. The monoisotopic (exact) mass is 780 g/mol. The van der Waals surface area contributed by atoms with Crippen molar-refractivity contribution in [2.75, 3.05) is 57.1 Å². The molecule has 2 aliphatic rings. The molecule has 3 rings (SSSR count). The number of hydrogen-bond donors (Lipinski definition) is 4. The number of carbonyl (C=O) groups excluding carboxylic acids is 7. The van der Waals surface area contributed by atoms with E-state index in [2.05, 4.69) is 27.9 Å². The third-order valence-corrected chi connectivity index (χ3v) is 11.3. The van der Waals surface area contributed by atoms with Gasteiger partial charge in [0.15, 0.2) is 5.13 Å². The number of imide groups is 1. The minimum absolute atomic E-state index is 0.00713. The second kappa shape index (κ2) is 24.8. The Hall–Kier alpha value is -3.41. The number of likely N-dealkylation sites (tertiary alicyclic amines) is 1. The van der Waals surface area contributed by atoms with Crippen molar-refractivity contribution in [1.29, 1.82) is 0 Å². The highest BCUT2D eigenvalue weighted by Gasteiger charge is 2.38. The molecular formula is C36H56N6O9S2. The number of carbonyl (C=O) groups is 7. The molecule has 1 fully saturated rings. The van der Waals surface area contributed by atoms with Crippen LogP contribution in [-0.4, -0.2) is 108 Å². The lowest BCUT2D eigenvalue weighted by Crippen LogP contribution is -2.36. The van der Waals surface area contributed by atoms with E-state index in [-0.39, 0.29) is 107 Å². The maximum Gasteiger partial charge on any atom is 0.252 e. The zero-order valence-electron chi connectivity index (χ0n) is 30.9. The third-order valence-electron chi connectivity index (χ3n) is 8.94. The van der Waals surface area contributed by atoms with Crippen molar-refractivity contribution in [1.82, 2.24) is 20.5 Å². The number of Topliss-reactive ketones (excluding diaryl/α,β-unsaturated/α-hetero) is 1. The SMILES string of the molecule is CCCC[C@H]1CCc2nc(NC(=O)COCC(=O)NCCCCCCSC3CC(=O)N(CCC(=O)NCCOCCC(=O)CCC(N)=O)C3=O)sc2C1. The topological polar surface area (TPSA) is 216 Å². The summed E-state index contributed by atoms with van der Waals surface area (Å²) in [7, 11) is 0. The molecule has 0 aromatic carbocycles. The molecule has 6 amide bonds. The summed E-state index contributed by atoms with van der Waals surface area (Å²) in [5, 5.41) is 8.42. The van der Waals surface area contributed by atoms with Crippen LogP contribution in [0.25, 0.3) is 0 Å². The fourth-order valence-corrected chi connectivity index (χ4v) is 8.29. The molecule has 5 N–H and O–H groups in total. The summed E-state index contributed by atoms with van der Waals surface area (Å²) in [5.74, 6) is -0.690. The van der Waals surface area contributed by atoms with Gasteiger partial charge in [-0.25, -0.2) is 4.98 Å². The van der Waals surface area contributed by atoms with E-state index in [1.807, 2.05) is 0 Å². The molecular weight excluding hydrogens is 725 g/mol. The molecule has 296 valence electrons. The molecule has 1 aromatic rings. The Balaban J connectivity index is 1.14. The molecule has 0 bridgehead atoms. The van der Waals surface area contributed by atoms with Crippen LogP contribution in [-0.2, 0) is 55.9 Å². The Morgan fingerprint density at radius 1 is 0.887 bits per heavy atom. The predicted octanol–water partition coefficient (Wildman–Crippen LogP) is 2.68. The second-order valence-electron chi connectivity index (χ2n) is 13.4. The van der Waals surface area contributed by atoms with Crippen LogP contribution in [0.5, 0.6) is 0 Å². The fourth-order valence-electron chi connectivity index (χ4n) is 5.97. The predicted molar refractivity (Wildman–Crippen MR) is 202 cm³/mol. The van der Waals surface area contributed by atoms with E-state index in [0.717, 1.165) is 61.3 Å². The van der Waals surface area contributed by atoms with E-state index in [0.29, 0.717) is 17.6 Å². The maximum absolute atomic E-state index is 12.7. The van der Waals surface area contributed by atoms with Crippen LogP contribution in [0.1, 0.15) is 101 Å². The standard InChI is InChI=1S/C36H56N6O9S2/c1-2-3-8-25-9-11-27-28(21-25)53-36(40-27)41-33(47)24-51-23-32(46)38-15-6-4-5-7-20-52-29-22-34(48)42(35(29)49)17-13-31(45)39-16-19-50-18-14-26(43)10-12-30(37)44/h25,29H,2-24H2,1H3,(H2,37,44)(H,38,46)(H,39,45)(H,40,41,47)/t25-,29?/m0/s1. The average molecular weight is 781 g/mol. The van der Waals surface area contributed by atoms with Crippen LogP contribution in [0.15, 0.2) is 0 Å². The Morgan fingerprint density at radius 2 is 1.66 bits per heavy atom. The van der Waals surface area contributed by atoms with Gasteiger partial charge in [0.2, 0.25) is 29.5 Å². The summed E-state index contributed by atoms with van der Waals surface area (Å²) in [5.41, 5.74) is 6.10. The maximum atomic E-state index is 12.7. The molecule has 1 aliphatic heterocycles. The first-order chi connectivity index (χ1) is 25.5. The number of nitrogens with two attached hydrogens (primary N) is 1. The number of thioether (sulfide) groups is 1. The molecule has 2 heterocycles. The highest BCUT2D eigenvalue weighted by Crippen LogP contribution is 2.34.